The lowest BCUT2D eigenvalue weighted by Crippen LogP contribution is -2.00. The molecule has 2 aromatic heterocycles. The monoisotopic (exact) mass is 469 g/mol. The zero-order valence-corrected chi connectivity index (χ0v) is 19.5. The summed E-state index contributed by atoms with van der Waals surface area (Å²) >= 11 is 0. The van der Waals surface area contributed by atoms with Crippen molar-refractivity contribution < 1.29 is 4.74 Å². The lowest BCUT2D eigenvalue weighted by Gasteiger charge is -2.10. The Morgan fingerprint density at radius 3 is 2.19 bits per heavy atom. The second-order valence-electron chi connectivity index (χ2n) is 8.49. The van der Waals surface area contributed by atoms with Crippen LogP contribution in [0.3, 0.4) is 0 Å². The van der Waals surface area contributed by atoms with E-state index in [2.05, 4.69) is 40.6 Å². The van der Waals surface area contributed by atoms with Crippen LogP contribution in [0, 0.1) is 0 Å². The summed E-state index contributed by atoms with van der Waals surface area (Å²) in [7, 11) is 0. The maximum Gasteiger partial charge on any atom is 0.160 e. The van der Waals surface area contributed by atoms with Gasteiger partial charge in [-0.3, -0.25) is 0 Å². The molecule has 0 amide bonds. The van der Waals surface area contributed by atoms with Crippen LogP contribution in [0.1, 0.15) is 11.3 Å². The molecule has 6 heteroatoms. The molecule has 2 heterocycles. The van der Waals surface area contributed by atoms with Crippen molar-refractivity contribution in [3.63, 3.8) is 0 Å². The molecule has 0 fully saturated rings. The fraction of sp³-hybridized carbons (Fsp3) is 0.0667. The molecule has 174 valence electrons. The maximum absolute atomic E-state index is 5.95. The Hall–Kier alpha value is -4.84. The Labute approximate surface area is 208 Å². The zero-order valence-electron chi connectivity index (χ0n) is 19.5. The summed E-state index contributed by atoms with van der Waals surface area (Å²) in [6.45, 7) is 1.03. The van der Waals surface area contributed by atoms with Crippen LogP contribution in [-0.2, 0) is 13.2 Å². The van der Waals surface area contributed by atoms with Gasteiger partial charge >= 0.3 is 0 Å². The van der Waals surface area contributed by atoms with E-state index < -0.39 is 0 Å². The molecule has 6 aromatic rings. The Morgan fingerprint density at radius 1 is 0.667 bits per heavy atom. The topological polar surface area (TPSA) is 65.7 Å². The molecule has 6 nitrogen and oxygen atoms in total. The molecular weight excluding hydrogens is 446 g/mol. The Balaban J connectivity index is 1.19. The number of fused-ring (bicyclic) bond motifs is 1. The number of para-hydroxylation sites is 1. The summed E-state index contributed by atoms with van der Waals surface area (Å²) in [5.74, 6) is 1.43. The van der Waals surface area contributed by atoms with Gasteiger partial charge in [-0.1, -0.05) is 84.1 Å². The Kier molecular flexibility index (Phi) is 5.90. The summed E-state index contributed by atoms with van der Waals surface area (Å²) in [4.78, 5) is 9.75. The van der Waals surface area contributed by atoms with Crippen molar-refractivity contribution >= 4 is 10.9 Å². The second kappa shape index (κ2) is 9.80. The zero-order chi connectivity index (χ0) is 24.2. The largest absolute Gasteiger partial charge is 0.487 e. The summed E-state index contributed by atoms with van der Waals surface area (Å²) in [5, 5.41) is 9.47. The lowest BCUT2D eigenvalue weighted by atomic mass is 10.1. The lowest BCUT2D eigenvalue weighted by molar-refractivity contribution is 0.301. The highest BCUT2D eigenvalue weighted by Crippen LogP contribution is 2.29. The Bertz CT molecular complexity index is 1600. The van der Waals surface area contributed by atoms with Gasteiger partial charge in [-0.2, -0.15) is 0 Å². The number of aromatic nitrogens is 5. The van der Waals surface area contributed by atoms with Gasteiger partial charge in [-0.05, 0) is 35.9 Å². The van der Waals surface area contributed by atoms with Crippen LogP contribution in [0.5, 0.6) is 5.75 Å². The second-order valence-corrected chi connectivity index (χ2v) is 8.49. The van der Waals surface area contributed by atoms with Crippen LogP contribution in [0.2, 0.25) is 0 Å². The molecule has 6 rings (SSSR count). The molecular formula is C30H23N5O. The molecule has 4 aromatic carbocycles. The van der Waals surface area contributed by atoms with Gasteiger partial charge in [0.2, 0.25) is 0 Å². The van der Waals surface area contributed by atoms with E-state index in [4.69, 9.17) is 14.7 Å². The van der Waals surface area contributed by atoms with Crippen molar-refractivity contribution in [1.29, 1.82) is 0 Å². The van der Waals surface area contributed by atoms with E-state index in [0.717, 1.165) is 39.2 Å². The van der Waals surface area contributed by atoms with Crippen molar-refractivity contribution in [2.24, 2.45) is 0 Å². The summed E-state index contributed by atoms with van der Waals surface area (Å²) in [6, 6.07) is 36.3. The third-order valence-corrected chi connectivity index (χ3v) is 5.92. The molecule has 0 atom stereocenters. The predicted octanol–water partition coefficient (Wildman–Crippen LogP) is 6.18. The number of benzene rings is 4. The van der Waals surface area contributed by atoms with Crippen molar-refractivity contribution in [2.45, 2.75) is 13.2 Å². The number of hydrogen-bond donors (Lipinski definition) is 0. The van der Waals surface area contributed by atoms with Crippen LogP contribution in [0.15, 0.2) is 115 Å². The van der Waals surface area contributed by atoms with E-state index in [1.165, 1.54) is 5.56 Å². The van der Waals surface area contributed by atoms with E-state index in [-0.39, 0.29) is 0 Å². The molecule has 0 saturated heterocycles. The summed E-state index contributed by atoms with van der Waals surface area (Å²) in [5.41, 5.74) is 5.80. The van der Waals surface area contributed by atoms with Crippen molar-refractivity contribution in [2.75, 3.05) is 0 Å². The van der Waals surface area contributed by atoms with Crippen LogP contribution in [0.25, 0.3) is 33.5 Å². The maximum atomic E-state index is 5.95. The van der Waals surface area contributed by atoms with Crippen LogP contribution in [0.4, 0.5) is 0 Å². The number of ether oxygens (including phenoxy) is 1. The fourth-order valence-corrected chi connectivity index (χ4v) is 4.13. The first-order valence-corrected chi connectivity index (χ1v) is 11.8. The normalized spacial score (nSPS) is 11.0. The quantitative estimate of drug-likeness (QED) is 0.279. The van der Waals surface area contributed by atoms with Gasteiger partial charge in [0, 0.05) is 16.5 Å². The van der Waals surface area contributed by atoms with E-state index in [0.29, 0.717) is 19.0 Å². The van der Waals surface area contributed by atoms with Crippen LogP contribution >= 0.6 is 0 Å². The smallest absolute Gasteiger partial charge is 0.160 e. The first kappa shape index (κ1) is 21.7. The molecule has 0 N–H and O–H groups in total. The first-order chi connectivity index (χ1) is 17.8. The van der Waals surface area contributed by atoms with Crippen LogP contribution < -0.4 is 4.74 Å². The van der Waals surface area contributed by atoms with Crippen molar-refractivity contribution in [1.82, 2.24) is 25.0 Å². The van der Waals surface area contributed by atoms with E-state index >= 15 is 0 Å². The average molecular weight is 470 g/mol. The highest BCUT2D eigenvalue weighted by molar-refractivity contribution is 5.93. The summed E-state index contributed by atoms with van der Waals surface area (Å²) in [6.07, 6.45) is 1.91. The molecule has 0 saturated carbocycles. The number of rotatable bonds is 7. The SMILES string of the molecule is c1ccc(Cn2cc(COc3ccc(-c4nc(-c5ccccc5)c5ccccc5n4)cc3)nn2)cc1. The van der Waals surface area contributed by atoms with Gasteiger partial charge in [0.05, 0.1) is 24.0 Å². The highest BCUT2D eigenvalue weighted by Gasteiger charge is 2.11. The highest BCUT2D eigenvalue weighted by atomic mass is 16.5. The van der Waals surface area contributed by atoms with Crippen molar-refractivity contribution in [3.8, 4) is 28.4 Å². The van der Waals surface area contributed by atoms with Gasteiger partial charge in [0.1, 0.15) is 18.1 Å². The number of hydrogen-bond acceptors (Lipinski definition) is 5. The average Bonchev–Trinajstić information content (AvgIpc) is 3.40. The number of nitrogens with zero attached hydrogens (tertiary/aromatic N) is 5. The predicted molar refractivity (Wildman–Crippen MR) is 140 cm³/mol. The van der Waals surface area contributed by atoms with E-state index in [1.54, 1.807) is 0 Å². The molecule has 0 aliphatic rings. The molecule has 0 radical (unpaired) electrons. The standard InChI is InChI=1S/C30H23N5O/c1-3-9-22(10-4-1)19-35-20-25(33-34-35)21-36-26-17-15-24(16-18-26)30-31-28-14-8-7-13-27(28)29(32-30)23-11-5-2-6-12-23/h1-18,20H,19,21H2. The molecule has 0 aliphatic heterocycles. The molecule has 0 bridgehead atoms. The van der Waals surface area contributed by atoms with Gasteiger partial charge in [-0.15, -0.1) is 5.10 Å². The summed E-state index contributed by atoms with van der Waals surface area (Å²) < 4.78 is 7.77. The van der Waals surface area contributed by atoms with E-state index in [1.807, 2.05) is 89.7 Å². The minimum absolute atomic E-state index is 0.346. The first-order valence-electron chi connectivity index (χ1n) is 11.8. The van der Waals surface area contributed by atoms with Gasteiger partial charge in [-0.25, -0.2) is 14.6 Å². The van der Waals surface area contributed by atoms with Gasteiger partial charge in [0.25, 0.3) is 0 Å². The van der Waals surface area contributed by atoms with Gasteiger partial charge < -0.3 is 4.74 Å². The van der Waals surface area contributed by atoms with Crippen LogP contribution in [-0.4, -0.2) is 25.0 Å². The minimum Gasteiger partial charge on any atom is -0.487 e. The Morgan fingerprint density at radius 2 is 1.39 bits per heavy atom. The minimum atomic E-state index is 0.346. The molecule has 36 heavy (non-hydrogen) atoms. The molecule has 0 spiro atoms. The third kappa shape index (κ3) is 4.70. The van der Waals surface area contributed by atoms with Gasteiger partial charge in [0.15, 0.2) is 5.82 Å². The fourth-order valence-electron chi connectivity index (χ4n) is 4.13. The molecule has 0 aliphatic carbocycles. The van der Waals surface area contributed by atoms with E-state index in [9.17, 15) is 0 Å². The van der Waals surface area contributed by atoms with Crippen molar-refractivity contribution in [3.05, 3.63) is 127 Å². The third-order valence-electron chi connectivity index (χ3n) is 5.92. The molecule has 0 unspecified atom stereocenters.